The van der Waals surface area contributed by atoms with E-state index in [0.717, 1.165) is 19.4 Å². The number of piperidine rings is 1. The van der Waals surface area contributed by atoms with Gasteiger partial charge in [-0.15, -0.1) is 0 Å². The van der Waals surface area contributed by atoms with Gasteiger partial charge in [0.2, 0.25) is 0 Å². The first-order chi connectivity index (χ1) is 11.0. The van der Waals surface area contributed by atoms with Gasteiger partial charge in [-0.2, -0.15) is 4.52 Å². The van der Waals surface area contributed by atoms with Crippen molar-refractivity contribution in [2.45, 2.75) is 39.2 Å². The monoisotopic (exact) mass is 319 g/mol. The molecule has 1 aliphatic rings. The molecule has 0 aromatic carbocycles. The van der Waals surface area contributed by atoms with Crippen LogP contribution in [0.15, 0.2) is 17.2 Å². The molecule has 1 atom stereocenters. The predicted octanol–water partition coefficient (Wildman–Crippen LogP) is 0.884. The summed E-state index contributed by atoms with van der Waals surface area (Å²) in [4.78, 5) is 34.2. The molecule has 8 heteroatoms. The molecule has 0 saturated carbocycles. The van der Waals surface area contributed by atoms with Crippen LogP contribution in [-0.4, -0.2) is 48.6 Å². The minimum absolute atomic E-state index is 0.211. The molecule has 0 bridgehead atoms. The number of likely N-dealkylation sites (tertiary alicyclic amines) is 1. The van der Waals surface area contributed by atoms with Crippen LogP contribution >= 0.6 is 0 Å². The molecule has 0 unspecified atom stereocenters. The quantitative estimate of drug-likeness (QED) is 0.848. The number of nitrogens with one attached hydrogen (secondary N) is 1. The second kappa shape index (κ2) is 6.11. The molecule has 23 heavy (non-hydrogen) atoms. The fraction of sp³-hybridized carbons (Fsp3) is 0.600. The molecule has 0 aliphatic carbocycles. The van der Waals surface area contributed by atoms with Crippen LogP contribution in [0.3, 0.4) is 0 Å². The number of aliphatic carboxylic acids is 1. The molecule has 3 heterocycles. The number of aromatic amines is 1. The van der Waals surface area contributed by atoms with Crippen molar-refractivity contribution in [2.24, 2.45) is 5.41 Å². The van der Waals surface area contributed by atoms with Crippen molar-refractivity contribution < 1.29 is 9.90 Å². The van der Waals surface area contributed by atoms with Gasteiger partial charge in [0, 0.05) is 19.2 Å². The topological polar surface area (TPSA) is 104 Å². The number of carbonyl (C=O) groups is 1. The van der Waals surface area contributed by atoms with Crippen molar-refractivity contribution in [1.29, 1.82) is 0 Å². The lowest BCUT2D eigenvalue weighted by molar-refractivity contribution is -0.153. The van der Waals surface area contributed by atoms with Crippen LogP contribution in [0.4, 0.5) is 0 Å². The molecule has 8 nitrogen and oxygen atoms in total. The third-order valence-electron chi connectivity index (χ3n) is 4.54. The van der Waals surface area contributed by atoms with Crippen LogP contribution in [0.5, 0.6) is 0 Å². The van der Waals surface area contributed by atoms with E-state index in [1.165, 1.54) is 16.9 Å². The van der Waals surface area contributed by atoms with Crippen molar-refractivity contribution in [2.75, 3.05) is 13.1 Å². The Bertz CT molecular complexity index is 764. The Morgan fingerprint density at radius 1 is 1.52 bits per heavy atom. The largest absolute Gasteiger partial charge is 0.481 e. The lowest BCUT2D eigenvalue weighted by Crippen LogP contribution is -2.47. The van der Waals surface area contributed by atoms with E-state index in [0.29, 0.717) is 37.4 Å². The molecule has 0 amide bonds. The number of H-pyrrole nitrogens is 1. The van der Waals surface area contributed by atoms with Crippen LogP contribution in [0.2, 0.25) is 0 Å². The maximum Gasteiger partial charge on any atom is 0.310 e. The summed E-state index contributed by atoms with van der Waals surface area (Å²) < 4.78 is 1.28. The highest BCUT2D eigenvalue weighted by Gasteiger charge is 2.41. The van der Waals surface area contributed by atoms with Crippen molar-refractivity contribution in [1.82, 2.24) is 24.5 Å². The highest BCUT2D eigenvalue weighted by atomic mass is 16.4. The Balaban J connectivity index is 1.81. The Morgan fingerprint density at radius 2 is 2.35 bits per heavy atom. The molecular formula is C15H21N5O3. The van der Waals surface area contributed by atoms with E-state index < -0.39 is 11.4 Å². The maximum atomic E-state index is 12.0. The molecule has 2 N–H and O–H groups in total. The van der Waals surface area contributed by atoms with Gasteiger partial charge in [-0.05, 0) is 25.8 Å². The zero-order valence-corrected chi connectivity index (χ0v) is 13.2. The summed E-state index contributed by atoms with van der Waals surface area (Å²) in [6.45, 7) is 3.80. The molecule has 0 radical (unpaired) electrons. The summed E-state index contributed by atoms with van der Waals surface area (Å²) in [6, 6.07) is 1.47. The lowest BCUT2D eigenvalue weighted by Gasteiger charge is -2.39. The summed E-state index contributed by atoms with van der Waals surface area (Å²) in [5.74, 6) is -0.387. The van der Waals surface area contributed by atoms with Gasteiger partial charge < -0.3 is 5.11 Å². The number of fused-ring (bicyclic) bond motifs is 1. The van der Waals surface area contributed by atoms with Gasteiger partial charge in [-0.25, -0.2) is 9.97 Å². The van der Waals surface area contributed by atoms with E-state index in [9.17, 15) is 14.7 Å². The fourth-order valence-electron chi connectivity index (χ4n) is 3.51. The van der Waals surface area contributed by atoms with Gasteiger partial charge in [-0.1, -0.05) is 13.3 Å². The van der Waals surface area contributed by atoms with Crippen molar-refractivity contribution in [3.63, 3.8) is 0 Å². The molecule has 1 aliphatic heterocycles. The lowest BCUT2D eigenvalue weighted by atomic mass is 9.76. The van der Waals surface area contributed by atoms with Crippen LogP contribution in [0.25, 0.3) is 5.78 Å². The molecule has 1 saturated heterocycles. The summed E-state index contributed by atoms with van der Waals surface area (Å²) in [7, 11) is 0. The first kappa shape index (κ1) is 15.7. The van der Waals surface area contributed by atoms with E-state index in [-0.39, 0.29) is 5.56 Å². The Kier molecular flexibility index (Phi) is 4.16. The third-order valence-corrected chi connectivity index (χ3v) is 4.54. The zero-order chi connectivity index (χ0) is 16.4. The zero-order valence-electron chi connectivity index (χ0n) is 13.2. The standard InChI is InChI=1S/C15H21N5O3/c1-2-4-15(13(22)23)5-3-6-19(9-15)8-11-7-12(21)20-14(18-11)16-10-17-20/h7,10H,2-6,8-9H2,1H3,(H,22,23)(H,16,17,18)/t15-/m0/s1. The number of aromatic nitrogens is 4. The SMILES string of the molecule is CCC[C@]1(C(=O)O)CCCN(Cc2cc(=O)n3[nH]cnc3n2)C1. The van der Waals surface area contributed by atoms with E-state index in [4.69, 9.17) is 0 Å². The van der Waals surface area contributed by atoms with Crippen LogP contribution in [-0.2, 0) is 11.3 Å². The van der Waals surface area contributed by atoms with Gasteiger partial charge in [0.25, 0.3) is 11.3 Å². The molecular weight excluding hydrogens is 298 g/mol. The first-order valence-corrected chi connectivity index (χ1v) is 7.92. The summed E-state index contributed by atoms with van der Waals surface area (Å²) in [6.07, 6.45) is 4.49. The van der Waals surface area contributed by atoms with E-state index in [1.54, 1.807) is 0 Å². The summed E-state index contributed by atoms with van der Waals surface area (Å²) in [5, 5.41) is 12.4. The summed E-state index contributed by atoms with van der Waals surface area (Å²) >= 11 is 0. The molecule has 0 spiro atoms. The molecule has 1 fully saturated rings. The van der Waals surface area contributed by atoms with Gasteiger partial charge in [0.05, 0.1) is 11.1 Å². The van der Waals surface area contributed by atoms with E-state index in [1.807, 2.05) is 6.92 Å². The van der Waals surface area contributed by atoms with Gasteiger partial charge in [0.15, 0.2) is 0 Å². The van der Waals surface area contributed by atoms with Crippen molar-refractivity contribution in [3.8, 4) is 0 Å². The number of hydrogen-bond donors (Lipinski definition) is 2. The molecule has 2 aromatic rings. The minimum Gasteiger partial charge on any atom is -0.481 e. The highest BCUT2D eigenvalue weighted by molar-refractivity contribution is 5.75. The van der Waals surface area contributed by atoms with Crippen LogP contribution in [0, 0.1) is 5.41 Å². The van der Waals surface area contributed by atoms with Crippen molar-refractivity contribution in [3.05, 3.63) is 28.4 Å². The Hall–Kier alpha value is -2.22. The van der Waals surface area contributed by atoms with Gasteiger partial charge >= 0.3 is 5.97 Å². The fourth-order valence-corrected chi connectivity index (χ4v) is 3.51. The first-order valence-electron chi connectivity index (χ1n) is 7.92. The number of hydrogen-bond acceptors (Lipinski definition) is 5. The molecule has 2 aromatic heterocycles. The smallest absolute Gasteiger partial charge is 0.310 e. The highest BCUT2D eigenvalue weighted by Crippen LogP contribution is 2.35. The van der Waals surface area contributed by atoms with Crippen LogP contribution < -0.4 is 5.56 Å². The molecule has 3 rings (SSSR count). The van der Waals surface area contributed by atoms with Crippen molar-refractivity contribution >= 4 is 11.7 Å². The molecule has 124 valence electrons. The third kappa shape index (κ3) is 2.98. The second-order valence-electron chi connectivity index (χ2n) is 6.26. The maximum absolute atomic E-state index is 12.0. The van der Waals surface area contributed by atoms with Crippen LogP contribution in [0.1, 0.15) is 38.3 Å². The average molecular weight is 319 g/mol. The normalized spacial score (nSPS) is 22.5. The van der Waals surface area contributed by atoms with Gasteiger partial charge in [-0.3, -0.25) is 19.6 Å². The number of carboxylic acid groups (broad SMARTS) is 1. The number of carboxylic acids is 1. The van der Waals surface area contributed by atoms with Gasteiger partial charge in [0.1, 0.15) is 6.33 Å². The Labute approximate surface area is 133 Å². The number of nitrogens with zero attached hydrogens (tertiary/aromatic N) is 4. The summed E-state index contributed by atoms with van der Waals surface area (Å²) in [5.41, 5.74) is -0.268. The predicted molar refractivity (Wildman–Crippen MR) is 83.1 cm³/mol. The number of rotatable bonds is 5. The second-order valence-corrected chi connectivity index (χ2v) is 6.26. The average Bonchev–Trinajstić information content (AvgIpc) is 2.96. The Morgan fingerprint density at radius 3 is 3.09 bits per heavy atom. The van der Waals surface area contributed by atoms with E-state index in [2.05, 4.69) is 20.0 Å². The van der Waals surface area contributed by atoms with E-state index >= 15 is 0 Å². The minimum atomic E-state index is -0.722.